The van der Waals surface area contributed by atoms with Crippen LogP contribution < -0.4 is 15.4 Å². The highest BCUT2D eigenvalue weighted by molar-refractivity contribution is 8.01. The Morgan fingerprint density at radius 1 is 1.08 bits per heavy atom. The average molecular weight is 393 g/mol. The number of hydrogen-bond acceptors (Lipinski definition) is 4. The van der Waals surface area contributed by atoms with Crippen LogP contribution in [0.4, 0.5) is 11.4 Å². The van der Waals surface area contributed by atoms with Gasteiger partial charge >= 0.3 is 0 Å². The maximum Gasteiger partial charge on any atom is 0.237 e. The van der Waals surface area contributed by atoms with Crippen molar-refractivity contribution >= 4 is 46.6 Å². The Kier molecular flexibility index (Phi) is 7.81. The molecule has 0 aliphatic heterocycles. The number of para-hydroxylation sites is 3. The summed E-state index contributed by atoms with van der Waals surface area (Å²) in [7, 11) is 0. The summed E-state index contributed by atoms with van der Waals surface area (Å²) in [4.78, 5) is 24.4. The van der Waals surface area contributed by atoms with Gasteiger partial charge in [-0.2, -0.15) is 0 Å². The van der Waals surface area contributed by atoms with Gasteiger partial charge in [-0.25, -0.2) is 0 Å². The Balaban J connectivity index is 1.85. The number of ether oxygens (including phenoxy) is 1. The third-order valence-corrected chi connectivity index (χ3v) is 4.90. The van der Waals surface area contributed by atoms with Gasteiger partial charge in [0.25, 0.3) is 0 Å². The first-order chi connectivity index (χ1) is 12.5. The van der Waals surface area contributed by atoms with E-state index in [1.807, 2.05) is 19.1 Å². The molecule has 0 saturated carbocycles. The summed E-state index contributed by atoms with van der Waals surface area (Å²) in [5.41, 5.74) is 1.18. The molecule has 0 heterocycles. The van der Waals surface area contributed by atoms with E-state index >= 15 is 0 Å². The van der Waals surface area contributed by atoms with Crippen LogP contribution in [0.5, 0.6) is 5.75 Å². The fourth-order valence-corrected chi connectivity index (χ4v) is 2.98. The van der Waals surface area contributed by atoms with Crippen LogP contribution in [0.15, 0.2) is 48.5 Å². The summed E-state index contributed by atoms with van der Waals surface area (Å²) in [6.07, 6.45) is 0. The highest BCUT2D eigenvalue weighted by Gasteiger charge is 2.17. The molecule has 0 aliphatic rings. The van der Waals surface area contributed by atoms with Crippen LogP contribution in [0.1, 0.15) is 13.8 Å². The molecule has 2 aromatic rings. The topological polar surface area (TPSA) is 67.4 Å². The van der Waals surface area contributed by atoms with Crippen molar-refractivity contribution in [2.45, 2.75) is 19.1 Å². The van der Waals surface area contributed by atoms with E-state index in [1.165, 1.54) is 11.8 Å². The second-order valence-corrected chi connectivity index (χ2v) is 7.14. The predicted molar refractivity (Wildman–Crippen MR) is 108 cm³/mol. The summed E-state index contributed by atoms with van der Waals surface area (Å²) in [5, 5.41) is 5.65. The third kappa shape index (κ3) is 5.97. The largest absolute Gasteiger partial charge is 0.492 e. The molecule has 5 nitrogen and oxygen atoms in total. The van der Waals surface area contributed by atoms with Crippen molar-refractivity contribution in [3.8, 4) is 5.75 Å². The molecule has 2 aromatic carbocycles. The van der Waals surface area contributed by atoms with Crippen molar-refractivity contribution in [2.75, 3.05) is 23.0 Å². The zero-order valence-electron chi connectivity index (χ0n) is 14.6. The lowest BCUT2D eigenvalue weighted by atomic mass is 10.3. The fraction of sp³-hybridized carbons (Fsp3) is 0.263. The van der Waals surface area contributed by atoms with Gasteiger partial charge in [0.15, 0.2) is 0 Å². The van der Waals surface area contributed by atoms with Crippen LogP contribution in [-0.2, 0) is 9.59 Å². The van der Waals surface area contributed by atoms with E-state index in [2.05, 4.69) is 10.6 Å². The Morgan fingerprint density at radius 3 is 2.42 bits per heavy atom. The lowest BCUT2D eigenvalue weighted by molar-refractivity contribution is -0.115. The van der Waals surface area contributed by atoms with Crippen LogP contribution in [0, 0.1) is 0 Å². The first-order valence-electron chi connectivity index (χ1n) is 8.20. The van der Waals surface area contributed by atoms with Crippen molar-refractivity contribution in [3.63, 3.8) is 0 Å². The average Bonchev–Trinajstić information content (AvgIpc) is 2.63. The number of amides is 2. The summed E-state index contributed by atoms with van der Waals surface area (Å²) >= 11 is 7.28. The molecule has 0 spiro atoms. The van der Waals surface area contributed by atoms with Crippen LogP contribution in [0.3, 0.4) is 0 Å². The standard InChI is InChI=1S/C19H21ClN2O3S/c1-3-25-17-11-7-6-10-16(17)21-18(23)12-26-13(2)19(24)22-15-9-5-4-8-14(15)20/h4-11,13H,3,12H2,1-2H3,(H,21,23)(H,22,24)/t13-/m1/s1. The van der Waals surface area contributed by atoms with Gasteiger partial charge in [-0.15, -0.1) is 11.8 Å². The normalized spacial score (nSPS) is 11.5. The smallest absolute Gasteiger partial charge is 0.237 e. The van der Waals surface area contributed by atoms with Gasteiger partial charge < -0.3 is 15.4 Å². The zero-order chi connectivity index (χ0) is 18.9. The first-order valence-corrected chi connectivity index (χ1v) is 9.62. The third-order valence-electron chi connectivity index (χ3n) is 3.43. The molecule has 0 aromatic heterocycles. The van der Waals surface area contributed by atoms with Gasteiger partial charge in [0.05, 0.1) is 34.0 Å². The monoisotopic (exact) mass is 392 g/mol. The SMILES string of the molecule is CCOc1ccccc1NC(=O)CS[C@H](C)C(=O)Nc1ccccc1Cl. The van der Waals surface area contributed by atoms with Gasteiger partial charge in [0, 0.05) is 0 Å². The number of rotatable bonds is 8. The summed E-state index contributed by atoms with van der Waals surface area (Å²) in [5.74, 6) is 0.375. The predicted octanol–water partition coefficient (Wildman–Crippen LogP) is 4.44. The zero-order valence-corrected chi connectivity index (χ0v) is 16.2. The minimum atomic E-state index is -0.404. The van der Waals surface area contributed by atoms with Crippen molar-refractivity contribution in [1.82, 2.24) is 0 Å². The molecule has 0 saturated heterocycles. The van der Waals surface area contributed by atoms with E-state index in [0.717, 1.165) is 0 Å². The van der Waals surface area contributed by atoms with Crippen molar-refractivity contribution in [2.24, 2.45) is 0 Å². The fourth-order valence-electron chi connectivity index (χ4n) is 2.11. The molecule has 1 atom stereocenters. The van der Waals surface area contributed by atoms with E-state index in [9.17, 15) is 9.59 Å². The minimum Gasteiger partial charge on any atom is -0.492 e. The molecular weight excluding hydrogens is 372 g/mol. The molecule has 0 unspecified atom stereocenters. The lowest BCUT2D eigenvalue weighted by Gasteiger charge is -2.14. The molecule has 138 valence electrons. The number of thioether (sulfide) groups is 1. The van der Waals surface area contributed by atoms with E-state index in [1.54, 1.807) is 43.3 Å². The Labute approximate surface area is 162 Å². The Morgan fingerprint density at radius 2 is 1.73 bits per heavy atom. The van der Waals surface area contributed by atoms with E-state index in [0.29, 0.717) is 28.8 Å². The molecule has 0 bridgehead atoms. The van der Waals surface area contributed by atoms with Crippen LogP contribution >= 0.6 is 23.4 Å². The summed E-state index contributed by atoms with van der Waals surface area (Å²) in [6, 6.07) is 14.3. The number of halogens is 1. The number of carbonyl (C=O) groups excluding carboxylic acids is 2. The van der Waals surface area contributed by atoms with Gasteiger partial charge in [0.2, 0.25) is 11.8 Å². The molecule has 0 fully saturated rings. The summed E-state index contributed by atoms with van der Waals surface area (Å²) < 4.78 is 5.48. The molecular formula is C19H21ClN2O3S. The molecule has 2 rings (SSSR count). The second-order valence-electron chi connectivity index (χ2n) is 5.40. The van der Waals surface area contributed by atoms with E-state index in [4.69, 9.17) is 16.3 Å². The van der Waals surface area contributed by atoms with Crippen molar-refractivity contribution in [3.05, 3.63) is 53.6 Å². The van der Waals surface area contributed by atoms with Gasteiger partial charge in [-0.05, 0) is 38.1 Å². The molecule has 26 heavy (non-hydrogen) atoms. The van der Waals surface area contributed by atoms with E-state index < -0.39 is 5.25 Å². The van der Waals surface area contributed by atoms with E-state index in [-0.39, 0.29) is 17.6 Å². The van der Waals surface area contributed by atoms with Crippen molar-refractivity contribution in [1.29, 1.82) is 0 Å². The summed E-state index contributed by atoms with van der Waals surface area (Å²) in [6.45, 7) is 4.15. The maximum atomic E-state index is 12.2. The number of benzene rings is 2. The van der Waals surface area contributed by atoms with Crippen LogP contribution in [0.2, 0.25) is 5.02 Å². The second kappa shape index (κ2) is 10.1. The number of anilines is 2. The molecule has 7 heteroatoms. The van der Waals surface area contributed by atoms with Gasteiger partial charge in [0.1, 0.15) is 5.75 Å². The van der Waals surface area contributed by atoms with Crippen molar-refractivity contribution < 1.29 is 14.3 Å². The minimum absolute atomic E-state index is 0.150. The molecule has 0 radical (unpaired) electrons. The Bertz CT molecular complexity index is 770. The quantitative estimate of drug-likeness (QED) is 0.697. The van der Waals surface area contributed by atoms with Gasteiger partial charge in [-0.1, -0.05) is 35.9 Å². The molecule has 2 amide bonds. The van der Waals surface area contributed by atoms with Crippen LogP contribution in [0.25, 0.3) is 0 Å². The van der Waals surface area contributed by atoms with Gasteiger partial charge in [-0.3, -0.25) is 9.59 Å². The highest BCUT2D eigenvalue weighted by Crippen LogP contribution is 2.25. The number of hydrogen-bond donors (Lipinski definition) is 2. The molecule has 0 aliphatic carbocycles. The lowest BCUT2D eigenvalue weighted by Crippen LogP contribution is -2.25. The Hall–Kier alpha value is -2.18. The van der Waals surface area contributed by atoms with Crippen LogP contribution in [-0.4, -0.2) is 29.4 Å². The highest BCUT2D eigenvalue weighted by atomic mass is 35.5. The number of carbonyl (C=O) groups is 2. The number of nitrogens with one attached hydrogen (secondary N) is 2. The molecule has 2 N–H and O–H groups in total. The maximum absolute atomic E-state index is 12.2. The first kappa shape index (κ1) is 20.1.